The summed E-state index contributed by atoms with van der Waals surface area (Å²) in [6.45, 7) is 9.46. The molecule has 1 aromatic carbocycles. The van der Waals surface area contributed by atoms with Crippen LogP contribution in [-0.2, 0) is 10.2 Å². The summed E-state index contributed by atoms with van der Waals surface area (Å²) in [6.07, 6.45) is 0.896. The quantitative estimate of drug-likeness (QED) is 0.882. The topological polar surface area (TPSA) is 40.5 Å². The molecule has 0 heterocycles. The fourth-order valence-corrected chi connectivity index (χ4v) is 2.08. The van der Waals surface area contributed by atoms with Crippen LogP contribution in [-0.4, -0.2) is 24.7 Å². The Labute approximate surface area is 116 Å². The first-order valence-electron chi connectivity index (χ1n) is 6.76. The van der Waals surface area contributed by atoms with E-state index < -0.39 is 5.97 Å². The molecule has 1 aromatic rings. The van der Waals surface area contributed by atoms with Crippen molar-refractivity contribution in [1.82, 2.24) is 0 Å². The van der Waals surface area contributed by atoms with Crippen molar-refractivity contribution in [1.29, 1.82) is 0 Å². The maximum atomic E-state index is 10.6. The fraction of sp³-hybridized carbons (Fsp3) is 0.562. The second kappa shape index (κ2) is 6.09. The zero-order valence-corrected chi connectivity index (χ0v) is 12.7. The average molecular weight is 263 g/mol. The number of carboxylic acids is 1. The van der Waals surface area contributed by atoms with Crippen molar-refractivity contribution in [2.24, 2.45) is 0 Å². The third kappa shape index (κ3) is 4.58. The van der Waals surface area contributed by atoms with Crippen LogP contribution in [0.15, 0.2) is 18.2 Å². The van der Waals surface area contributed by atoms with Gasteiger partial charge in [-0.3, -0.25) is 4.79 Å². The lowest BCUT2D eigenvalue weighted by atomic mass is 9.86. The van der Waals surface area contributed by atoms with Crippen LogP contribution in [0.3, 0.4) is 0 Å². The van der Waals surface area contributed by atoms with E-state index in [1.165, 1.54) is 16.8 Å². The third-order valence-corrected chi connectivity index (χ3v) is 3.37. The minimum absolute atomic E-state index is 0.129. The number of carbonyl (C=O) groups is 1. The van der Waals surface area contributed by atoms with Gasteiger partial charge in [0.05, 0.1) is 0 Å². The highest BCUT2D eigenvalue weighted by Crippen LogP contribution is 2.28. The van der Waals surface area contributed by atoms with Crippen molar-refractivity contribution in [3.8, 4) is 0 Å². The molecule has 0 amide bonds. The molecule has 0 fully saturated rings. The molecule has 0 aliphatic carbocycles. The molecular weight excluding hydrogens is 238 g/mol. The SMILES string of the molecule is Cc1ccc(C(C)(C)C)cc1N(C)CCCC(=O)O. The standard InChI is InChI=1S/C16H25NO2/c1-12-8-9-13(16(2,3)4)11-14(12)17(5)10-6-7-15(18)19/h8-9,11H,6-7,10H2,1-5H3,(H,18,19). The average Bonchev–Trinajstić information content (AvgIpc) is 2.27. The van der Waals surface area contributed by atoms with Gasteiger partial charge in [-0.1, -0.05) is 32.9 Å². The van der Waals surface area contributed by atoms with Gasteiger partial charge in [-0.15, -0.1) is 0 Å². The van der Waals surface area contributed by atoms with Crippen LogP contribution in [0.4, 0.5) is 5.69 Å². The number of anilines is 1. The lowest BCUT2D eigenvalue weighted by Gasteiger charge is -2.25. The molecular formula is C16H25NO2. The number of rotatable bonds is 5. The van der Waals surface area contributed by atoms with Gasteiger partial charge >= 0.3 is 5.97 Å². The first-order chi connectivity index (χ1) is 8.71. The van der Waals surface area contributed by atoms with E-state index in [9.17, 15) is 4.79 Å². The van der Waals surface area contributed by atoms with Crippen LogP contribution < -0.4 is 4.90 Å². The van der Waals surface area contributed by atoms with Crippen LogP contribution in [0.1, 0.15) is 44.7 Å². The Bertz CT molecular complexity index is 447. The third-order valence-electron chi connectivity index (χ3n) is 3.37. The van der Waals surface area contributed by atoms with Crippen LogP contribution in [0, 0.1) is 6.92 Å². The van der Waals surface area contributed by atoms with E-state index in [0.29, 0.717) is 6.42 Å². The largest absolute Gasteiger partial charge is 0.481 e. The Morgan fingerprint density at radius 1 is 1.32 bits per heavy atom. The maximum Gasteiger partial charge on any atom is 0.303 e. The van der Waals surface area contributed by atoms with E-state index >= 15 is 0 Å². The lowest BCUT2D eigenvalue weighted by molar-refractivity contribution is -0.137. The van der Waals surface area contributed by atoms with Gasteiger partial charge in [0.15, 0.2) is 0 Å². The molecule has 0 spiro atoms. The van der Waals surface area contributed by atoms with Gasteiger partial charge in [-0.2, -0.15) is 0 Å². The van der Waals surface area contributed by atoms with Gasteiger partial charge in [-0.05, 0) is 36.0 Å². The maximum absolute atomic E-state index is 10.6. The molecule has 0 aliphatic heterocycles. The molecule has 3 heteroatoms. The van der Waals surface area contributed by atoms with Gasteiger partial charge in [0.1, 0.15) is 0 Å². The van der Waals surface area contributed by atoms with Crippen molar-refractivity contribution < 1.29 is 9.90 Å². The zero-order chi connectivity index (χ0) is 14.6. The van der Waals surface area contributed by atoms with E-state index in [2.05, 4.69) is 50.8 Å². The van der Waals surface area contributed by atoms with Gasteiger partial charge in [0.2, 0.25) is 0 Å². The molecule has 0 aromatic heterocycles. The van der Waals surface area contributed by atoms with E-state index in [4.69, 9.17) is 5.11 Å². The smallest absolute Gasteiger partial charge is 0.303 e. The summed E-state index contributed by atoms with van der Waals surface area (Å²) in [5.74, 6) is -0.728. The molecule has 0 bridgehead atoms. The molecule has 1 rings (SSSR count). The van der Waals surface area contributed by atoms with Crippen molar-refractivity contribution in [3.05, 3.63) is 29.3 Å². The predicted octanol–water partition coefficient (Wildman–Crippen LogP) is 3.59. The Balaban J connectivity index is 2.83. The molecule has 106 valence electrons. The Kier molecular flexibility index (Phi) is 4.98. The molecule has 0 saturated carbocycles. The predicted molar refractivity (Wildman–Crippen MR) is 80.0 cm³/mol. The van der Waals surface area contributed by atoms with Crippen LogP contribution >= 0.6 is 0 Å². The molecule has 0 aliphatic rings. The number of hydrogen-bond donors (Lipinski definition) is 1. The number of carboxylic acid groups (broad SMARTS) is 1. The minimum Gasteiger partial charge on any atom is -0.481 e. The monoisotopic (exact) mass is 263 g/mol. The number of hydrogen-bond acceptors (Lipinski definition) is 2. The summed E-state index contributed by atoms with van der Waals surface area (Å²) in [5.41, 5.74) is 3.85. The molecule has 1 N–H and O–H groups in total. The summed E-state index contributed by atoms with van der Waals surface area (Å²) in [5, 5.41) is 8.68. The number of nitrogens with zero attached hydrogens (tertiary/aromatic N) is 1. The normalized spacial score (nSPS) is 11.4. The summed E-state index contributed by atoms with van der Waals surface area (Å²) in [7, 11) is 2.02. The summed E-state index contributed by atoms with van der Waals surface area (Å²) < 4.78 is 0. The van der Waals surface area contributed by atoms with Crippen LogP contribution in [0.25, 0.3) is 0 Å². The van der Waals surface area contributed by atoms with Crippen molar-refractivity contribution in [2.75, 3.05) is 18.5 Å². The van der Waals surface area contributed by atoms with E-state index in [1.54, 1.807) is 0 Å². The molecule has 0 atom stereocenters. The first-order valence-corrected chi connectivity index (χ1v) is 6.76. The summed E-state index contributed by atoms with van der Waals surface area (Å²) in [4.78, 5) is 12.7. The zero-order valence-electron chi connectivity index (χ0n) is 12.7. The van der Waals surface area contributed by atoms with Crippen molar-refractivity contribution in [2.45, 2.75) is 46.0 Å². The van der Waals surface area contributed by atoms with Gasteiger partial charge < -0.3 is 10.0 Å². The highest BCUT2D eigenvalue weighted by Gasteiger charge is 2.16. The van der Waals surface area contributed by atoms with Crippen LogP contribution in [0.5, 0.6) is 0 Å². The number of benzene rings is 1. The van der Waals surface area contributed by atoms with Gasteiger partial charge in [0.25, 0.3) is 0 Å². The lowest BCUT2D eigenvalue weighted by Crippen LogP contribution is -2.21. The second-order valence-electron chi connectivity index (χ2n) is 6.17. The fourth-order valence-electron chi connectivity index (χ4n) is 2.08. The number of aryl methyl sites for hydroxylation is 1. The van der Waals surface area contributed by atoms with E-state index in [-0.39, 0.29) is 11.8 Å². The molecule has 19 heavy (non-hydrogen) atoms. The number of aliphatic carboxylic acids is 1. The molecule has 0 radical (unpaired) electrons. The minimum atomic E-state index is -0.728. The molecule has 0 unspecified atom stereocenters. The Morgan fingerprint density at radius 2 is 1.95 bits per heavy atom. The van der Waals surface area contributed by atoms with Crippen molar-refractivity contribution >= 4 is 11.7 Å². The summed E-state index contributed by atoms with van der Waals surface area (Å²) >= 11 is 0. The first kappa shape index (κ1) is 15.5. The highest BCUT2D eigenvalue weighted by molar-refractivity contribution is 5.66. The van der Waals surface area contributed by atoms with Crippen LogP contribution in [0.2, 0.25) is 0 Å². The van der Waals surface area contributed by atoms with E-state index in [0.717, 1.165) is 6.54 Å². The Hall–Kier alpha value is -1.51. The Morgan fingerprint density at radius 3 is 2.47 bits per heavy atom. The summed E-state index contributed by atoms with van der Waals surface area (Å²) in [6, 6.07) is 6.53. The van der Waals surface area contributed by atoms with Gasteiger partial charge in [0, 0.05) is 25.7 Å². The van der Waals surface area contributed by atoms with Crippen molar-refractivity contribution in [3.63, 3.8) is 0 Å². The molecule has 3 nitrogen and oxygen atoms in total. The highest BCUT2D eigenvalue weighted by atomic mass is 16.4. The van der Waals surface area contributed by atoms with E-state index in [1.807, 2.05) is 7.05 Å². The second-order valence-corrected chi connectivity index (χ2v) is 6.17. The van der Waals surface area contributed by atoms with Gasteiger partial charge in [-0.25, -0.2) is 0 Å². The molecule has 0 saturated heterocycles.